The first-order chi connectivity index (χ1) is 9.58. The summed E-state index contributed by atoms with van der Waals surface area (Å²) in [7, 11) is 0. The van der Waals surface area contributed by atoms with Crippen LogP contribution in [0, 0.1) is 0 Å². The van der Waals surface area contributed by atoms with Crippen LogP contribution < -0.4 is 10.1 Å². The van der Waals surface area contributed by atoms with Crippen molar-refractivity contribution in [3.05, 3.63) is 27.7 Å². The number of rotatable bonds is 6. The van der Waals surface area contributed by atoms with E-state index in [0.717, 1.165) is 37.3 Å². The maximum absolute atomic E-state index is 6.17. The summed E-state index contributed by atoms with van der Waals surface area (Å²) in [5, 5.41) is 4.76. The average molecular weight is 318 g/mol. The Labute approximate surface area is 130 Å². The Morgan fingerprint density at radius 2 is 2.20 bits per heavy atom. The van der Waals surface area contributed by atoms with Crippen LogP contribution >= 0.6 is 23.2 Å². The molecule has 2 rings (SSSR count). The van der Waals surface area contributed by atoms with Gasteiger partial charge in [0.1, 0.15) is 5.75 Å². The molecule has 0 spiro atoms. The van der Waals surface area contributed by atoms with Gasteiger partial charge in [-0.2, -0.15) is 0 Å². The third-order valence-corrected chi connectivity index (χ3v) is 3.73. The Kier molecular flexibility index (Phi) is 5.97. The highest BCUT2D eigenvalue weighted by molar-refractivity contribution is 6.35. The molecule has 1 heterocycles. The lowest BCUT2D eigenvalue weighted by Gasteiger charge is -2.27. The fourth-order valence-electron chi connectivity index (χ4n) is 2.31. The molecule has 1 aliphatic heterocycles. The van der Waals surface area contributed by atoms with Crippen LogP contribution in [0.3, 0.4) is 0 Å². The van der Waals surface area contributed by atoms with Gasteiger partial charge in [-0.05, 0) is 38.9 Å². The van der Waals surface area contributed by atoms with Crippen molar-refractivity contribution < 1.29 is 9.47 Å². The first kappa shape index (κ1) is 15.9. The van der Waals surface area contributed by atoms with E-state index in [9.17, 15) is 0 Å². The van der Waals surface area contributed by atoms with Gasteiger partial charge in [-0.25, -0.2) is 0 Å². The summed E-state index contributed by atoms with van der Waals surface area (Å²) >= 11 is 12.3. The third kappa shape index (κ3) is 4.26. The number of ether oxygens (including phenoxy) is 2. The normalized spacial score (nSPS) is 17.9. The molecule has 0 radical (unpaired) electrons. The summed E-state index contributed by atoms with van der Waals surface area (Å²) in [6.07, 6.45) is 2.20. The van der Waals surface area contributed by atoms with E-state index >= 15 is 0 Å². The van der Waals surface area contributed by atoms with Crippen LogP contribution in [0.1, 0.15) is 38.3 Å². The molecular formula is C15H21Cl2NO2. The maximum Gasteiger partial charge on any atom is 0.142 e. The van der Waals surface area contributed by atoms with Crippen LogP contribution in [0.5, 0.6) is 5.75 Å². The zero-order valence-electron chi connectivity index (χ0n) is 11.9. The number of fused-ring (bicyclic) bond motifs is 1. The topological polar surface area (TPSA) is 30.5 Å². The molecule has 0 aromatic heterocycles. The highest BCUT2D eigenvalue weighted by Crippen LogP contribution is 2.39. The molecule has 20 heavy (non-hydrogen) atoms. The minimum Gasteiger partial charge on any atom is -0.492 e. The van der Waals surface area contributed by atoms with Crippen molar-refractivity contribution in [1.29, 1.82) is 0 Å². The lowest BCUT2D eigenvalue weighted by atomic mass is 10.0. The van der Waals surface area contributed by atoms with Crippen LogP contribution in [-0.2, 0) is 4.74 Å². The molecule has 3 nitrogen and oxygen atoms in total. The Bertz CT molecular complexity index is 452. The summed E-state index contributed by atoms with van der Waals surface area (Å²) in [5.74, 6) is 0.762. The number of benzene rings is 1. The van der Waals surface area contributed by atoms with Crippen molar-refractivity contribution in [2.45, 2.75) is 38.8 Å². The van der Waals surface area contributed by atoms with Gasteiger partial charge in [0.25, 0.3) is 0 Å². The zero-order valence-corrected chi connectivity index (χ0v) is 13.4. The molecule has 0 fully saturated rings. The second kappa shape index (κ2) is 7.51. The SMILES string of the molecule is CC(C)OCCCNC1CCOc2c(Cl)cc(Cl)cc21. The molecule has 0 saturated carbocycles. The molecule has 1 N–H and O–H groups in total. The molecule has 1 aliphatic rings. The summed E-state index contributed by atoms with van der Waals surface area (Å²) in [6.45, 7) is 6.45. The molecule has 0 bridgehead atoms. The smallest absolute Gasteiger partial charge is 0.142 e. The number of halogens is 2. The molecule has 1 unspecified atom stereocenters. The van der Waals surface area contributed by atoms with Crippen molar-refractivity contribution in [3.63, 3.8) is 0 Å². The average Bonchev–Trinajstić information content (AvgIpc) is 2.38. The van der Waals surface area contributed by atoms with Gasteiger partial charge in [-0.1, -0.05) is 23.2 Å². The summed E-state index contributed by atoms with van der Waals surface area (Å²) in [6, 6.07) is 3.90. The quantitative estimate of drug-likeness (QED) is 0.797. The van der Waals surface area contributed by atoms with E-state index in [1.54, 1.807) is 6.07 Å². The van der Waals surface area contributed by atoms with Crippen LogP contribution in [0.2, 0.25) is 10.0 Å². The summed E-state index contributed by atoms with van der Waals surface area (Å²) < 4.78 is 11.2. The molecule has 1 atom stereocenters. The van der Waals surface area contributed by atoms with Crippen molar-refractivity contribution in [2.75, 3.05) is 19.8 Å². The molecule has 0 saturated heterocycles. The number of hydrogen-bond donors (Lipinski definition) is 1. The predicted octanol–water partition coefficient (Wildman–Crippen LogP) is 4.22. The van der Waals surface area contributed by atoms with Gasteiger partial charge in [-0.15, -0.1) is 0 Å². The van der Waals surface area contributed by atoms with Gasteiger partial charge in [0.05, 0.1) is 17.7 Å². The van der Waals surface area contributed by atoms with Gasteiger partial charge in [0.15, 0.2) is 0 Å². The van der Waals surface area contributed by atoms with Gasteiger partial charge < -0.3 is 14.8 Å². The monoisotopic (exact) mass is 317 g/mol. The summed E-state index contributed by atoms with van der Waals surface area (Å²) in [5.41, 5.74) is 1.05. The first-order valence-corrected chi connectivity index (χ1v) is 7.80. The van der Waals surface area contributed by atoms with Gasteiger partial charge in [-0.3, -0.25) is 0 Å². The van der Waals surface area contributed by atoms with Crippen molar-refractivity contribution in [1.82, 2.24) is 5.32 Å². The van der Waals surface area contributed by atoms with E-state index in [1.165, 1.54) is 0 Å². The highest BCUT2D eigenvalue weighted by atomic mass is 35.5. The zero-order chi connectivity index (χ0) is 14.5. The second-order valence-electron chi connectivity index (χ2n) is 5.22. The molecule has 112 valence electrons. The fourth-order valence-corrected chi connectivity index (χ4v) is 2.87. The van der Waals surface area contributed by atoms with E-state index in [-0.39, 0.29) is 12.1 Å². The van der Waals surface area contributed by atoms with Crippen molar-refractivity contribution in [2.24, 2.45) is 0 Å². The summed E-state index contributed by atoms with van der Waals surface area (Å²) in [4.78, 5) is 0. The maximum atomic E-state index is 6.17. The Balaban J connectivity index is 1.92. The third-order valence-electron chi connectivity index (χ3n) is 3.23. The van der Waals surface area contributed by atoms with E-state index < -0.39 is 0 Å². The van der Waals surface area contributed by atoms with Gasteiger partial charge in [0, 0.05) is 29.7 Å². The predicted molar refractivity (Wildman–Crippen MR) is 83.0 cm³/mol. The minimum absolute atomic E-state index is 0.244. The number of hydrogen-bond acceptors (Lipinski definition) is 3. The molecule has 5 heteroatoms. The lowest BCUT2D eigenvalue weighted by molar-refractivity contribution is 0.0764. The molecular weight excluding hydrogens is 297 g/mol. The van der Waals surface area contributed by atoms with E-state index in [4.69, 9.17) is 32.7 Å². The van der Waals surface area contributed by atoms with Crippen LogP contribution in [0.15, 0.2) is 12.1 Å². The van der Waals surface area contributed by atoms with Crippen molar-refractivity contribution >= 4 is 23.2 Å². The van der Waals surface area contributed by atoms with E-state index in [2.05, 4.69) is 5.32 Å². The Hall–Kier alpha value is -0.480. The molecule has 1 aromatic rings. The Morgan fingerprint density at radius 3 is 2.95 bits per heavy atom. The first-order valence-electron chi connectivity index (χ1n) is 7.04. The second-order valence-corrected chi connectivity index (χ2v) is 6.07. The van der Waals surface area contributed by atoms with E-state index in [0.29, 0.717) is 16.7 Å². The largest absolute Gasteiger partial charge is 0.492 e. The fraction of sp³-hybridized carbons (Fsp3) is 0.600. The Morgan fingerprint density at radius 1 is 1.40 bits per heavy atom. The van der Waals surface area contributed by atoms with Gasteiger partial charge in [0.2, 0.25) is 0 Å². The highest BCUT2D eigenvalue weighted by Gasteiger charge is 2.23. The van der Waals surface area contributed by atoms with E-state index in [1.807, 2.05) is 19.9 Å². The number of nitrogens with one attached hydrogen (secondary N) is 1. The van der Waals surface area contributed by atoms with Crippen LogP contribution in [0.4, 0.5) is 0 Å². The van der Waals surface area contributed by atoms with Crippen LogP contribution in [0.25, 0.3) is 0 Å². The molecule has 0 aliphatic carbocycles. The van der Waals surface area contributed by atoms with Crippen LogP contribution in [-0.4, -0.2) is 25.9 Å². The van der Waals surface area contributed by atoms with Gasteiger partial charge >= 0.3 is 0 Å². The standard InChI is InChI=1S/C15H21Cl2NO2/c1-10(2)19-6-3-5-18-14-4-7-20-15-12(14)8-11(16)9-13(15)17/h8-10,14,18H,3-7H2,1-2H3. The van der Waals surface area contributed by atoms with Crippen molar-refractivity contribution in [3.8, 4) is 5.75 Å². The molecule has 0 amide bonds. The lowest BCUT2D eigenvalue weighted by Crippen LogP contribution is -2.28. The minimum atomic E-state index is 0.244. The molecule has 1 aromatic carbocycles.